The fourth-order valence-electron chi connectivity index (χ4n) is 2.15. The first-order chi connectivity index (χ1) is 8.67. The Morgan fingerprint density at radius 2 is 2.05 bits per heavy atom. The first kappa shape index (κ1) is 16.0. The molecule has 6 heteroatoms. The molecular weight excluding hydrogens is 266 g/mol. The molecule has 0 radical (unpaired) electrons. The van der Waals surface area contributed by atoms with Gasteiger partial charge in [0.05, 0.1) is 23.4 Å². The average molecular weight is 288 g/mol. The van der Waals surface area contributed by atoms with E-state index in [4.69, 9.17) is 11.6 Å². The van der Waals surface area contributed by atoms with E-state index in [-0.39, 0.29) is 12.5 Å². The van der Waals surface area contributed by atoms with E-state index in [1.165, 1.54) is 4.90 Å². The van der Waals surface area contributed by atoms with E-state index in [9.17, 15) is 9.90 Å². The van der Waals surface area contributed by atoms with E-state index < -0.39 is 5.60 Å². The van der Waals surface area contributed by atoms with Crippen LogP contribution in [0.5, 0.6) is 0 Å². The SMILES string of the molecule is Cc1nn(CCCl)c(C)c1C(=O)N(C)CC(C)(C)O. The Balaban J connectivity index is 3.00. The lowest BCUT2D eigenvalue weighted by Crippen LogP contribution is -2.40. The minimum Gasteiger partial charge on any atom is -0.389 e. The summed E-state index contributed by atoms with van der Waals surface area (Å²) in [5.74, 6) is 0.327. The van der Waals surface area contributed by atoms with Gasteiger partial charge in [0.25, 0.3) is 5.91 Å². The van der Waals surface area contributed by atoms with Crippen molar-refractivity contribution in [3.05, 3.63) is 17.0 Å². The number of hydrogen-bond donors (Lipinski definition) is 1. The Hall–Kier alpha value is -1.07. The number of nitrogens with zero attached hydrogens (tertiary/aromatic N) is 3. The number of hydrogen-bond acceptors (Lipinski definition) is 3. The summed E-state index contributed by atoms with van der Waals surface area (Å²) < 4.78 is 1.74. The number of halogens is 1. The summed E-state index contributed by atoms with van der Waals surface area (Å²) in [6.45, 7) is 7.86. The van der Waals surface area contributed by atoms with E-state index in [0.29, 0.717) is 23.7 Å². The monoisotopic (exact) mass is 287 g/mol. The molecule has 0 saturated heterocycles. The molecule has 1 aromatic heterocycles. The molecule has 1 heterocycles. The summed E-state index contributed by atoms with van der Waals surface area (Å²) in [5.41, 5.74) is 1.18. The maximum absolute atomic E-state index is 12.4. The Morgan fingerprint density at radius 3 is 2.53 bits per heavy atom. The van der Waals surface area contributed by atoms with Gasteiger partial charge in [0.15, 0.2) is 0 Å². The molecule has 5 nitrogen and oxygen atoms in total. The van der Waals surface area contributed by atoms with Crippen molar-refractivity contribution in [1.29, 1.82) is 0 Å². The lowest BCUT2D eigenvalue weighted by Gasteiger charge is -2.25. The third kappa shape index (κ3) is 3.94. The molecule has 1 aromatic rings. The minimum atomic E-state index is -0.918. The van der Waals surface area contributed by atoms with Crippen LogP contribution in [0.4, 0.5) is 0 Å². The number of likely N-dealkylation sites (N-methyl/N-ethyl adjacent to an activating group) is 1. The highest BCUT2D eigenvalue weighted by atomic mass is 35.5. The van der Waals surface area contributed by atoms with Gasteiger partial charge in [0, 0.05) is 25.2 Å². The van der Waals surface area contributed by atoms with Crippen molar-refractivity contribution >= 4 is 17.5 Å². The van der Waals surface area contributed by atoms with Gasteiger partial charge in [-0.25, -0.2) is 0 Å². The van der Waals surface area contributed by atoms with Crippen LogP contribution in [0.15, 0.2) is 0 Å². The summed E-state index contributed by atoms with van der Waals surface area (Å²) in [6.07, 6.45) is 0. The second-order valence-electron chi connectivity index (χ2n) is 5.43. The molecule has 1 rings (SSSR count). The Labute approximate surface area is 119 Å². The number of carbonyl (C=O) groups excluding carboxylic acids is 1. The summed E-state index contributed by atoms with van der Waals surface area (Å²) in [7, 11) is 1.68. The maximum atomic E-state index is 12.4. The van der Waals surface area contributed by atoms with Crippen molar-refractivity contribution in [3.63, 3.8) is 0 Å². The predicted molar refractivity (Wildman–Crippen MR) is 75.7 cm³/mol. The van der Waals surface area contributed by atoms with Crippen LogP contribution < -0.4 is 0 Å². The van der Waals surface area contributed by atoms with Gasteiger partial charge < -0.3 is 10.0 Å². The predicted octanol–water partition coefficient (Wildman–Crippen LogP) is 1.58. The lowest BCUT2D eigenvalue weighted by atomic mass is 10.1. The summed E-state index contributed by atoms with van der Waals surface area (Å²) >= 11 is 5.71. The van der Waals surface area contributed by atoms with Gasteiger partial charge in [-0.2, -0.15) is 5.10 Å². The fraction of sp³-hybridized carbons (Fsp3) is 0.692. The zero-order valence-corrected chi connectivity index (χ0v) is 13.0. The topological polar surface area (TPSA) is 58.4 Å². The molecule has 0 aliphatic carbocycles. The Bertz CT molecular complexity index is 463. The molecule has 1 N–H and O–H groups in total. The van der Waals surface area contributed by atoms with Crippen LogP contribution in [0.3, 0.4) is 0 Å². The van der Waals surface area contributed by atoms with Crippen molar-refractivity contribution in [2.75, 3.05) is 19.5 Å². The maximum Gasteiger partial charge on any atom is 0.257 e. The van der Waals surface area contributed by atoms with Gasteiger partial charge in [-0.3, -0.25) is 9.48 Å². The number of aryl methyl sites for hydroxylation is 2. The zero-order chi connectivity index (χ0) is 14.8. The van der Waals surface area contributed by atoms with Crippen LogP contribution in [0, 0.1) is 13.8 Å². The van der Waals surface area contributed by atoms with Crippen molar-refractivity contribution < 1.29 is 9.90 Å². The number of amides is 1. The van der Waals surface area contributed by atoms with Crippen LogP contribution >= 0.6 is 11.6 Å². The van der Waals surface area contributed by atoms with Crippen molar-refractivity contribution in [3.8, 4) is 0 Å². The molecule has 0 fully saturated rings. The Kier molecular flexibility index (Phi) is 4.98. The van der Waals surface area contributed by atoms with E-state index in [1.807, 2.05) is 13.8 Å². The molecule has 0 atom stereocenters. The number of aliphatic hydroxyl groups is 1. The summed E-state index contributed by atoms with van der Waals surface area (Å²) in [5, 5.41) is 14.1. The first-order valence-corrected chi connectivity index (χ1v) is 6.78. The molecule has 0 saturated carbocycles. The van der Waals surface area contributed by atoms with Crippen LogP contribution in [-0.2, 0) is 6.54 Å². The summed E-state index contributed by atoms with van der Waals surface area (Å²) in [4.78, 5) is 13.9. The third-order valence-electron chi connectivity index (χ3n) is 2.86. The highest BCUT2D eigenvalue weighted by Crippen LogP contribution is 2.16. The van der Waals surface area contributed by atoms with E-state index in [0.717, 1.165) is 5.69 Å². The van der Waals surface area contributed by atoms with Crippen LogP contribution in [0.25, 0.3) is 0 Å². The number of carbonyl (C=O) groups is 1. The van der Waals surface area contributed by atoms with Crippen molar-refractivity contribution in [1.82, 2.24) is 14.7 Å². The molecule has 19 heavy (non-hydrogen) atoms. The largest absolute Gasteiger partial charge is 0.389 e. The van der Waals surface area contributed by atoms with Gasteiger partial charge in [0.1, 0.15) is 0 Å². The smallest absolute Gasteiger partial charge is 0.257 e. The van der Waals surface area contributed by atoms with Crippen LogP contribution in [-0.4, -0.2) is 50.8 Å². The fourth-order valence-corrected chi connectivity index (χ4v) is 2.31. The Morgan fingerprint density at radius 1 is 1.47 bits per heavy atom. The third-order valence-corrected chi connectivity index (χ3v) is 3.03. The second kappa shape index (κ2) is 5.92. The molecule has 108 valence electrons. The second-order valence-corrected chi connectivity index (χ2v) is 5.81. The number of rotatable bonds is 5. The van der Waals surface area contributed by atoms with Crippen LogP contribution in [0.2, 0.25) is 0 Å². The highest BCUT2D eigenvalue weighted by Gasteiger charge is 2.25. The van der Waals surface area contributed by atoms with Crippen molar-refractivity contribution in [2.45, 2.75) is 39.8 Å². The minimum absolute atomic E-state index is 0.127. The van der Waals surface area contributed by atoms with Gasteiger partial charge in [-0.15, -0.1) is 11.6 Å². The molecule has 0 unspecified atom stereocenters. The van der Waals surface area contributed by atoms with Crippen molar-refractivity contribution in [2.24, 2.45) is 0 Å². The summed E-state index contributed by atoms with van der Waals surface area (Å²) in [6, 6.07) is 0. The number of aromatic nitrogens is 2. The quantitative estimate of drug-likeness (QED) is 0.837. The van der Waals surface area contributed by atoms with E-state index in [2.05, 4.69) is 5.10 Å². The van der Waals surface area contributed by atoms with Gasteiger partial charge >= 0.3 is 0 Å². The molecule has 0 aromatic carbocycles. The standard InChI is InChI=1S/C13H22ClN3O2/c1-9-11(10(2)17(15-9)7-6-14)12(18)16(5)8-13(3,4)19/h19H,6-8H2,1-5H3. The van der Waals surface area contributed by atoms with Gasteiger partial charge in [-0.05, 0) is 27.7 Å². The molecule has 0 aliphatic heterocycles. The van der Waals surface area contributed by atoms with Gasteiger partial charge in [-0.1, -0.05) is 0 Å². The molecule has 0 bridgehead atoms. The van der Waals surface area contributed by atoms with Crippen LogP contribution in [0.1, 0.15) is 35.6 Å². The van der Waals surface area contributed by atoms with Gasteiger partial charge in [0.2, 0.25) is 0 Å². The molecule has 0 aliphatic rings. The lowest BCUT2D eigenvalue weighted by molar-refractivity contribution is 0.0367. The zero-order valence-electron chi connectivity index (χ0n) is 12.2. The molecular formula is C13H22ClN3O2. The first-order valence-electron chi connectivity index (χ1n) is 6.25. The average Bonchev–Trinajstić information content (AvgIpc) is 2.51. The van der Waals surface area contributed by atoms with E-state index in [1.54, 1.807) is 25.6 Å². The number of alkyl halides is 1. The highest BCUT2D eigenvalue weighted by molar-refractivity contribution is 6.17. The normalized spacial score (nSPS) is 11.7. The van der Waals surface area contributed by atoms with E-state index >= 15 is 0 Å². The molecule has 1 amide bonds. The molecule has 0 spiro atoms.